The average Bonchev–Trinajstić information content (AvgIpc) is 2.10. The van der Waals surface area contributed by atoms with Gasteiger partial charge in [-0.25, -0.2) is 0 Å². The molecule has 3 nitrogen and oxygen atoms in total. The molecule has 0 fully saturated rings. The lowest BCUT2D eigenvalue weighted by atomic mass is 10.1. The number of hydrogen-bond acceptors (Lipinski definition) is 2. The Hall–Kier alpha value is -0.570. The third-order valence-corrected chi connectivity index (χ3v) is 2.00. The third-order valence-electron chi connectivity index (χ3n) is 2.00. The maximum absolute atomic E-state index is 11.3. The third kappa shape index (κ3) is 5.64. The van der Waals surface area contributed by atoms with E-state index in [4.69, 9.17) is 5.73 Å². The smallest absolute Gasteiger partial charge is 0.236 e. The molecule has 0 bridgehead atoms. The molecule has 0 aliphatic carbocycles. The second-order valence-corrected chi connectivity index (χ2v) is 3.77. The van der Waals surface area contributed by atoms with Gasteiger partial charge in [0.15, 0.2) is 0 Å². The summed E-state index contributed by atoms with van der Waals surface area (Å²) >= 11 is 0. The van der Waals surface area contributed by atoms with Gasteiger partial charge in [0.1, 0.15) is 0 Å². The molecule has 0 radical (unpaired) electrons. The molecular formula is C10H22N2O. The SMILES string of the molecule is CCCN(CCC(C)C)C(=O)CN. The fourth-order valence-electron chi connectivity index (χ4n) is 1.17. The Morgan fingerprint density at radius 1 is 1.38 bits per heavy atom. The summed E-state index contributed by atoms with van der Waals surface area (Å²) in [5.41, 5.74) is 5.32. The predicted octanol–water partition coefficient (Wildman–Crippen LogP) is 1.23. The standard InChI is InChI=1S/C10H22N2O/c1-4-6-12(10(13)8-11)7-5-9(2)3/h9H,4-8,11H2,1-3H3. The van der Waals surface area contributed by atoms with Crippen LogP contribution in [0.4, 0.5) is 0 Å². The van der Waals surface area contributed by atoms with Gasteiger partial charge in [-0.15, -0.1) is 0 Å². The van der Waals surface area contributed by atoms with E-state index in [0.29, 0.717) is 5.92 Å². The first-order chi connectivity index (χ1) is 6.11. The van der Waals surface area contributed by atoms with Crippen LogP contribution < -0.4 is 5.73 Å². The van der Waals surface area contributed by atoms with Gasteiger partial charge >= 0.3 is 0 Å². The Labute approximate surface area is 81.3 Å². The van der Waals surface area contributed by atoms with Crippen LogP contribution in [0, 0.1) is 5.92 Å². The number of rotatable bonds is 6. The fraction of sp³-hybridized carbons (Fsp3) is 0.900. The highest BCUT2D eigenvalue weighted by Gasteiger charge is 2.10. The molecule has 0 aromatic heterocycles. The lowest BCUT2D eigenvalue weighted by molar-refractivity contribution is -0.129. The van der Waals surface area contributed by atoms with Crippen LogP contribution >= 0.6 is 0 Å². The molecule has 0 unspecified atom stereocenters. The Balaban J connectivity index is 3.86. The minimum atomic E-state index is 0.0718. The van der Waals surface area contributed by atoms with E-state index in [9.17, 15) is 4.79 Å². The van der Waals surface area contributed by atoms with Crippen molar-refractivity contribution in [3.8, 4) is 0 Å². The van der Waals surface area contributed by atoms with Crippen molar-refractivity contribution in [2.24, 2.45) is 11.7 Å². The Morgan fingerprint density at radius 3 is 2.38 bits per heavy atom. The van der Waals surface area contributed by atoms with Gasteiger partial charge in [0, 0.05) is 13.1 Å². The van der Waals surface area contributed by atoms with Gasteiger partial charge in [-0.3, -0.25) is 4.79 Å². The Morgan fingerprint density at radius 2 is 2.00 bits per heavy atom. The molecule has 0 aliphatic heterocycles. The number of carbonyl (C=O) groups excluding carboxylic acids is 1. The summed E-state index contributed by atoms with van der Waals surface area (Å²) in [6.07, 6.45) is 2.07. The largest absolute Gasteiger partial charge is 0.342 e. The van der Waals surface area contributed by atoms with Crippen molar-refractivity contribution in [2.45, 2.75) is 33.6 Å². The molecule has 0 saturated carbocycles. The van der Waals surface area contributed by atoms with E-state index in [-0.39, 0.29) is 12.5 Å². The maximum atomic E-state index is 11.3. The molecule has 2 N–H and O–H groups in total. The van der Waals surface area contributed by atoms with Crippen LogP contribution in [-0.2, 0) is 4.79 Å². The van der Waals surface area contributed by atoms with Crippen LogP contribution in [0.15, 0.2) is 0 Å². The zero-order chi connectivity index (χ0) is 10.3. The molecule has 0 atom stereocenters. The zero-order valence-electron chi connectivity index (χ0n) is 9.05. The highest BCUT2D eigenvalue weighted by atomic mass is 16.2. The van der Waals surface area contributed by atoms with Crippen molar-refractivity contribution in [1.29, 1.82) is 0 Å². The summed E-state index contributed by atoms with van der Waals surface area (Å²) in [6.45, 7) is 8.22. The number of carbonyl (C=O) groups is 1. The Bertz CT molecular complexity index is 146. The summed E-state index contributed by atoms with van der Waals surface area (Å²) in [5.74, 6) is 0.715. The van der Waals surface area contributed by atoms with Crippen LogP contribution in [0.2, 0.25) is 0 Å². The number of amides is 1. The van der Waals surface area contributed by atoms with E-state index in [1.165, 1.54) is 0 Å². The van der Waals surface area contributed by atoms with Crippen molar-refractivity contribution >= 4 is 5.91 Å². The molecule has 13 heavy (non-hydrogen) atoms. The van der Waals surface area contributed by atoms with Crippen LogP contribution in [0.25, 0.3) is 0 Å². The van der Waals surface area contributed by atoms with Gasteiger partial charge in [0.25, 0.3) is 0 Å². The second-order valence-electron chi connectivity index (χ2n) is 3.77. The topological polar surface area (TPSA) is 46.3 Å². The van der Waals surface area contributed by atoms with Crippen molar-refractivity contribution in [1.82, 2.24) is 4.90 Å². The molecule has 0 rings (SSSR count). The van der Waals surface area contributed by atoms with Gasteiger partial charge in [-0.05, 0) is 18.8 Å². The molecule has 1 amide bonds. The number of nitrogens with two attached hydrogens (primary N) is 1. The first-order valence-corrected chi connectivity index (χ1v) is 5.09. The summed E-state index contributed by atoms with van der Waals surface area (Å²) < 4.78 is 0. The number of nitrogens with zero attached hydrogens (tertiary/aromatic N) is 1. The summed E-state index contributed by atoms with van der Waals surface area (Å²) in [5, 5.41) is 0. The van der Waals surface area contributed by atoms with Gasteiger partial charge in [0.2, 0.25) is 5.91 Å². The van der Waals surface area contributed by atoms with E-state index in [2.05, 4.69) is 20.8 Å². The van der Waals surface area contributed by atoms with Gasteiger partial charge < -0.3 is 10.6 Å². The predicted molar refractivity (Wildman–Crippen MR) is 55.4 cm³/mol. The molecule has 0 aliphatic rings. The summed E-state index contributed by atoms with van der Waals surface area (Å²) in [4.78, 5) is 13.2. The van der Waals surface area contributed by atoms with Crippen molar-refractivity contribution < 1.29 is 4.79 Å². The summed E-state index contributed by atoms with van der Waals surface area (Å²) in [7, 11) is 0. The zero-order valence-corrected chi connectivity index (χ0v) is 9.05. The van der Waals surface area contributed by atoms with E-state index < -0.39 is 0 Å². The van der Waals surface area contributed by atoms with E-state index in [1.807, 2.05) is 4.90 Å². The quantitative estimate of drug-likeness (QED) is 0.678. The monoisotopic (exact) mass is 186 g/mol. The molecule has 0 saturated heterocycles. The first-order valence-electron chi connectivity index (χ1n) is 5.09. The molecule has 0 aromatic carbocycles. The molecule has 0 aromatic rings. The lowest BCUT2D eigenvalue weighted by Crippen LogP contribution is -2.37. The molecule has 0 spiro atoms. The normalized spacial score (nSPS) is 10.5. The van der Waals surface area contributed by atoms with E-state index in [0.717, 1.165) is 25.9 Å². The van der Waals surface area contributed by atoms with Gasteiger partial charge in [-0.1, -0.05) is 20.8 Å². The minimum Gasteiger partial charge on any atom is -0.342 e. The highest BCUT2D eigenvalue weighted by molar-refractivity contribution is 5.77. The second kappa shape index (κ2) is 6.89. The average molecular weight is 186 g/mol. The first kappa shape index (κ1) is 12.4. The van der Waals surface area contributed by atoms with Gasteiger partial charge in [0.05, 0.1) is 6.54 Å². The lowest BCUT2D eigenvalue weighted by Gasteiger charge is -2.22. The number of hydrogen-bond donors (Lipinski definition) is 1. The summed E-state index contributed by atoms with van der Waals surface area (Å²) in [6, 6.07) is 0. The minimum absolute atomic E-state index is 0.0718. The van der Waals surface area contributed by atoms with E-state index >= 15 is 0 Å². The van der Waals surface area contributed by atoms with Crippen LogP contribution in [0.1, 0.15) is 33.6 Å². The molecular weight excluding hydrogens is 164 g/mol. The fourth-order valence-corrected chi connectivity index (χ4v) is 1.17. The van der Waals surface area contributed by atoms with Crippen LogP contribution in [0.5, 0.6) is 0 Å². The highest BCUT2D eigenvalue weighted by Crippen LogP contribution is 2.02. The van der Waals surface area contributed by atoms with Crippen molar-refractivity contribution in [3.63, 3.8) is 0 Å². The van der Waals surface area contributed by atoms with Crippen LogP contribution in [0.3, 0.4) is 0 Å². The molecule has 78 valence electrons. The van der Waals surface area contributed by atoms with Crippen molar-refractivity contribution in [2.75, 3.05) is 19.6 Å². The van der Waals surface area contributed by atoms with Crippen LogP contribution in [-0.4, -0.2) is 30.4 Å². The van der Waals surface area contributed by atoms with Crippen molar-refractivity contribution in [3.05, 3.63) is 0 Å². The van der Waals surface area contributed by atoms with E-state index in [1.54, 1.807) is 0 Å². The van der Waals surface area contributed by atoms with Gasteiger partial charge in [-0.2, -0.15) is 0 Å². The molecule has 0 heterocycles. The Kier molecular flexibility index (Phi) is 6.59. The molecule has 3 heteroatoms. The maximum Gasteiger partial charge on any atom is 0.236 e.